The van der Waals surface area contributed by atoms with E-state index in [1.165, 1.54) is 36.4 Å². The Balaban J connectivity index is 1.95. The molecule has 0 saturated heterocycles. The molecule has 2 aromatic rings. The predicted octanol–water partition coefficient (Wildman–Crippen LogP) is 2.23. The molecule has 1 atom stereocenters. The van der Waals surface area contributed by atoms with Gasteiger partial charge in [0.25, 0.3) is 11.8 Å². The molecule has 148 valence electrons. The fourth-order valence-electron chi connectivity index (χ4n) is 2.26. The largest absolute Gasteiger partial charge is 0.478 e. The first kappa shape index (κ1) is 20.9. The summed E-state index contributed by atoms with van der Waals surface area (Å²) in [4.78, 5) is 35.5. The molecule has 0 heterocycles. The molecule has 0 aromatic heterocycles. The van der Waals surface area contributed by atoms with Gasteiger partial charge < -0.3 is 20.5 Å². The summed E-state index contributed by atoms with van der Waals surface area (Å²) in [6, 6.07) is 10.8. The van der Waals surface area contributed by atoms with Crippen molar-refractivity contribution in [1.29, 1.82) is 0 Å². The molecule has 2 aromatic carbocycles. The molecule has 2 amide bonds. The molecule has 28 heavy (non-hydrogen) atoms. The van der Waals surface area contributed by atoms with Crippen LogP contribution in [-0.2, 0) is 4.79 Å². The number of carbonyl (C=O) groups excluding carboxylic acids is 2. The van der Waals surface area contributed by atoms with E-state index in [1.54, 1.807) is 0 Å². The fourth-order valence-corrected chi connectivity index (χ4v) is 2.26. The Morgan fingerprint density at radius 3 is 2.00 bits per heavy atom. The number of ether oxygens (including phenoxy) is 1. The van der Waals surface area contributed by atoms with Crippen LogP contribution in [0.4, 0.5) is 4.39 Å². The number of aliphatic carboxylic acids is 1. The number of hydrogen-bond acceptors (Lipinski definition) is 4. The first-order chi connectivity index (χ1) is 13.3. The molecule has 1 unspecified atom stereocenters. The van der Waals surface area contributed by atoms with Gasteiger partial charge in [-0.3, -0.25) is 9.59 Å². The van der Waals surface area contributed by atoms with Gasteiger partial charge in [0.15, 0.2) is 0 Å². The van der Waals surface area contributed by atoms with Crippen molar-refractivity contribution in [1.82, 2.24) is 10.6 Å². The minimum atomic E-state index is -1.34. The Bertz CT molecular complexity index is 835. The van der Waals surface area contributed by atoms with E-state index >= 15 is 0 Å². The van der Waals surface area contributed by atoms with E-state index in [4.69, 9.17) is 4.74 Å². The van der Waals surface area contributed by atoms with E-state index in [0.717, 1.165) is 12.1 Å². The quantitative estimate of drug-likeness (QED) is 0.643. The van der Waals surface area contributed by atoms with Crippen LogP contribution in [0.2, 0.25) is 0 Å². The molecule has 2 rings (SSSR count). The molecular weight excluding hydrogens is 367 g/mol. The Kier molecular flexibility index (Phi) is 7.08. The van der Waals surface area contributed by atoms with E-state index in [0.29, 0.717) is 5.56 Å². The SMILES string of the molecule is CC(C)NC(=O)c1ccc(C(=O)NCC(Oc2ccc(F)cc2)C(=O)O)cc1. The summed E-state index contributed by atoms with van der Waals surface area (Å²) in [5.74, 6) is -2.34. The molecule has 7 nitrogen and oxygen atoms in total. The minimum Gasteiger partial charge on any atom is -0.478 e. The maximum atomic E-state index is 12.9. The number of nitrogens with one attached hydrogen (secondary N) is 2. The van der Waals surface area contributed by atoms with Crippen molar-refractivity contribution in [2.45, 2.75) is 26.0 Å². The van der Waals surface area contributed by atoms with E-state index in [1.807, 2.05) is 13.8 Å². The van der Waals surface area contributed by atoms with Gasteiger partial charge in [0, 0.05) is 17.2 Å². The Hall–Kier alpha value is -3.42. The van der Waals surface area contributed by atoms with Crippen LogP contribution in [-0.4, -0.2) is 41.6 Å². The second-order valence-corrected chi connectivity index (χ2v) is 6.31. The van der Waals surface area contributed by atoms with Crippen LogP contribution < -0.4 is 15.4 Å². The summed E-state index contributed by atoms with van der Waals surface area (Å²) >= 11 is 0. The number of halogens is 1. The van der Waals surface area contributed by atoms with Gasteiger partial charge in [-0.1, -0.05) is 0 Å². The summed E-state index contributed by atoms with van der Waals surface area (Å²) in [5.41, 5.74) is 0.681. The van der Waals surface area contributed by atoms with Crippen LogP contribution in [0.1, 0.15) is 34.6 Å². The van der Waals surface area contributed by atoms with E-state index in [-0.39, 0.29) is 29.8 Å². The highest BCUT2D eigenvalue weighted by Gasteiger charge is 2.21. The number of amides is 2. The van der Waals surface area contributed by atoms with Crippen molar-refractivity contribution in [3.8, 4) is 5.75 Å². The lowest BCUT2D eigenvalue weighted by atomic mass is 10.1. The van der Waals surface area contributed by atoms with E-state index in [9.17, 15) is 23.9 Å². The first-order valence-electron chi connectivity index (χ1n) is 8.60. The molecule has 3 N–H and O–H groups in total. The molecule has 0 saturated carbocycles. The van der Waals surface area contributed by atoms with Gasteiger partial charge in [-0.05, 0) is 62.4 Å². The van der Waals surface area contributed by atoms with Crippen molar-refractivity contribution >= 4 is 17.8 Å². The lowest BCUT2D eigenvalue weighted by Gasteiger charge is -2.16. The standard InChI is InChI=1S/C20H21FN2O5/c1-12(2)23-19(25)14-5-3-13(4-6-14)18(24)22-11-17(20(26)27)28-16-9-7-15(21)8-10-16/h3-10,12,17H,11H2,1-2H3,(H,22,24)(H,23,25)(H,26,27). The highest BCUT2D eigenvalue weighted by atomic mass is 19.1. The lowest BCUT2D eigenvalue weighted by molar-refractivity contribution is -0.144. The highest BCUT2D eigenvalue weighted by molar-refractivity contribution is 5.98. The summed E-state index contributed by atoms with van der Waals surface area (Å²) in [7, 11) is 0. The topological polar surface area (TPSA) is 105 Å². The Morgan fingerprint density at radius 2 is 1.50 bits per heavy atom. The number of rotatable bonds is 8. The van der Waals surface area contributed by atoms with Crippen LogP contribution >= 0.6 is 0 Å². The smallest absolute Gasteiger partial charge is 0.346 e. The van der Waals surface area contributed by atoms with Gasteiger partial charge in [0.2, 0.25) is 6.10 Å². The second-order valence-electron chi connectivity index (χ2n) is 6.31. The van der Waals surface area contributed by atoms with Crippen LogP contribution in [0.15, 0.2) is 48.5 Å². The van der Waals surface area contributed by atoms with Gasteiger partial charge in [-0.15, -0.1) is 0 Å². The number of carboxylic acids is 1. The predicted molar refractivity (Wildman–Crippen MR) is 99.8 cm³/mol. The normalized spacial score (nSPS) is 11.6. The number of benzene rings is 2. The van der Waals surface area contributed by atoms with Crippen LogP contribution in [0, 0.1) is 5.82 Å². The summed E-state index contributed by atoms with van der Waals surface area (Å²) in [6.45, 7) is 3.39. The Morgan fingerprint density at radius 1 is 0.964 bits per heavy atom. The summed E-state index contributed by atoms with van der Waals surface area (Å²) in [5, 5.41) is 14.5. The van der Waals surface area contributed by atoms with Crippen LogP contribution in [0.5, 0.6) is 5.75 Å². The molecule has 0 radical (unpaired) electrons. The van der Waals surface area contributed by atoms with E-state index in [2.05, 4.69) is 10.6 Å². The average molecular weight is 388 g/mol. The molecule has 0 spiro atoms. The second kappa shape index (κ2) is 9.50. The maximum Gasteiger partial charge on any atom is 0.346 e. The summed E-state index contributed by atoms with van der Waals surface area (Å²) in [6.07, 6.45) is -1.34. The van der Waals surface area contributed by atoms with Crippen LogP contribution in [0.3, 0.4) is 0 Å². The van der Waals surface area contributed by atoms with Crippen molar-refractivity contribution in [3.05, 3.63) is 65.5 Å². The molecule has 0 fully saturated rings. The number of carbonyl (C=O) groups is 3. The van der Waals surface area contributed by atoms with Gasteiger partial charge in [0.1, 0.15) is 11.6 Å². The van der Waals surface area contributed by atoms with Gasteiger partial charge in [0.05, 0.1) is 6.54 Å². The molecule has 8 heteroatoms. The molecular formula is C20H21FN2O5. The van der Waals surface area contributed by atoms with Crippen molar-refractivity contribution in [2.24, 2.45) is 0 Å². The van der Waals surface area contributed by atoms with Crippen LogP contribution in [0.25, 0.3) is 0 Å². The molecule has 0 aliphatic heterocycles. The minimum absolute atomic E-state index is 0.00969. The zero-order valence-electron chi connectivity index (χ0n) is 15.4. The molecule has 0 aliphatic carbocycles. The molecule has 0 aliphatic rings. The fraction of sp³-hybridized carbons (Fsp3) is 0.250. The first-order valence-corrected chi connectivity index (χ1v) is 8.60. The van der Waals surface area contributed by atoms with Gasteiger partial charge >= 0.3 is 5.97 Å². The zero-order valence-corrected chi connectivity index (χ0v) is 15.4. The molecule has 0 bridgehead atoms. The third-order valence-electron chi connectivity index (χ3n) is 3.64. The highest BCUT2D eigenvalue weighted by Crippen LogP contribution is 2.13. The van der Waals surface area contributed by atoms with E-state index < -0.39 is 23.8 Å². The lowest BCUT2D eigenvalue weighted by Crippen LogP contribution is -2.40. The van der Waals surface area contributed by atoms with Gasteiger partial charge in [-0.2, -0.15) is 0 Å². The number of carboxylic acid groups (broad SMARTS) is 1. The third-order valence-corrected chi connectivity index (χ3v) is 3.64. The summed E-state index contributed by atoms with van der Waals surface area (Å²) < 4.78 is 18.2. The number of hydrogen-bond donors (Lipinski definition) is 3. The maximum absolute atomic E-state index is 12.9. The third kappa shape index (κ3) is 6.08. The average Bonchev–Trinajstić information content (AvgIpc) is 2.65. The van der Waals surface area contributed by atoms with Crippen molar-refractivity contribution in [3.63, 3.8) is 0 Å². The Labute approximate surface area is 161 Å². The zero-order chi connectivity index (χ0) is 20.7. The van der Waals surface area contributed by atoms with Gasteiger partial charge in [-0.25, -0.2) is 9.18 Å². The monoisotopic (exact) mass is 388 g/mol. The van der Waals surface area contributed by atoms with Crippen molar-refractivity contribution in [2.75, 3.05) is 6.54 Å². The van der Waals surface area contributed by atoms with Crippen molar-refractivity contribution < 1.29 is 28.6 Å².